The number of aliphatic carboxylic acids is 1. The second-order valence-corrected chi connectivity index (χ2v) is 5.26. The SMILES string of the molecule is O=C(O)COc1ccccc1/C=N\NC(=O)C(=O)NC[C@@H]1CCCO1. The number of benzene rings is 1. The molecule has 2 amide bonds. The molecule has 0 bridgehead atoms. The Labute approximate surface area is 144 Å². The molecule has 1 aliphatic heterocycles. The average molecular weight is 349 g/mol. The Morgan fingerprint density at radius 3 is 2.84 bits per heavy atom. The lowest BCUT2D eigenvalue weighted by Crippen LogP contribution is -2.41. The van der Waals surface area contributed by atoms with Gasteiger partial charge in [-0.25, -0.2) is 10.2 Å². The van der Waals surface area contributed by atoms with Gasteiger partial charge in [-0.05, 0) is 25.0 Å². The zero-order valence-electron chi connectivity index (χ0n) is 13.4. The van der Waals surface area contributed by atoms with Crippen LogP contribution < -0.4 is 15.5 Å². The summed E-state index contributed by atoms with van der Waals surface area (Å²) >= 11 is 0. The maximum atomic E-state index is 11.7. The molecule has 1 atom stereocenters. The molecule has 3 N–H and O–H groups in total. The Morgan fingerprint density at radius 2 is 2.12 bits per heavy atom. The number of amides is 2. The van der Waals surface area contributed by atoms with E-state index in [1.54, 1.807) is 24.3 Å². The van der Waals surface area contributed by atoms with Crippen molar-refractivity contribution in [3.05, 3.63) is 29.8 Å². The number of carbonyl (C=O) groups excluding carboxylic acids is 2. The highest BCUT2D eigenvalue weighted by Crippen LogP contribution is 2.15. The molecule has 1 aliphatic rings. The normalized spacial score (nSPS) is 16.6. The first-order valence-corrected chi connectivity index (χ1v) is 7.72. The summed E-state index contributed by atoms with van der Waals surface area (Å²) in [5, 5.41) is 14.8. The Hall–Kier alpha value is -2.94. The molecule has 0 saturated carbocycles. The number of rotatable bonds is 7. The van der Waals surface area contributed by atoms with Crippen molar-refractivity contribution in [3.8, 4) is 5.75 Å². The van der Waals surface area contributed by atoms with Crippen LogP contribution in [0.5, 0.6) is 5.75 Å². The molecule has 9 nitrogen and oxygen atoms in total. The third-order valence-electron chi connectivity index (χ3n) is 3.36. The Kier molecular flexibility index (Phi) is 6.90. The Balaban J connectivity index is 1.82. The first-order chi connectivity index (χ1) is 12.1. The van der Waals surface area contributed by atoms with Gasteiger partial charge >= 0.3 is 17.8 Å². The molecular weight excluding hydrogens is 330 g/mol. The first kappa shape index (κ1) is 18.4. The lowest BCUT2D eigenvalue weighted by atomic mass is 10.2. The predicted molar refractivity (Wildman–Crippen MR) is 87.3 cm³/mol. The molecule has 25 heavy (non-hydrogen) atoms. The van der Waals surface area contributed by atoms with E-state index in [1.807, 2.05) is 0 Å². The molecule has 1 aromatic carbocycles. The number of para-hydroxylation sites is 1. The van der Waals surface area contributed by atoms with Gasteiger partial charge in [-0.1, -0.05) is 12.1 Å². The van der Waals surface area contributed by atoms with Gasteiger partial charge in [0, 0.05) is 18.7 Å². The number of hydrogen-bond acceptors (Lipinski definition) is 6. The lowest BCUT2D eigenvalue weighted by Gasteiger charge is -2.09. The van der Waals surface area contributed by atoms with E-state index < -0.39 is 24.4 Å². The monoisotopic (exact) mass is 349 g/mol. The molecule has 0 aromatic heterocycles. The third kappa shape index (κ3) is 6.22. The van der Waals surface area contributed by atoms with Crippen molar-refractivity contribution in [3.63, 3.8) is 0 Å². The van der Waals surface area contributed by atoms with Crippen LogP contribution in [-0.2, 0) is 19.1 Å². The van der Waals surface area contributed by atoms with E-state index in [-0.39, 0.29) is 12.6 Å². The van der Waals surface area contributed by atoms with Crippen LogP contribution in [0.2, 0.25) is 0 Å². The summed E-state index contributed by atoms with van der Waals surface area (Å²) < 4.78 is 10.4. The van der Waals surface area contributed by atoms with Crippen molar-refractivity contribution >= 4 is 24.0 Å². The molecule has 0 radical (unpaired) electrons. The van der Waals surface area contributed by atoms with E-state index in [1.165, 1.54) is 6.21 Å². The standard InChI is InChI=1S/C16H19N3O6/c20-14(21)10-25-13-6-2-1-4-11(13)8-18-19-16(23)15(22)17-9-12-5-3-7-24-12/h1-2,4,6,8,12H,3,5,7,9-10H2,(H,17,22)(H,19,23)(H,20,21)/b18-8-/t12-/m0/s1. The fourth-order valence-corrected chi connectivity index (χ4v) is 2.16. The van der Waals surface area contributed by atoms with Crippen LogP contribution >= 0.6 is 0 Å². The fraction of sp³-hybridized carbons (Fsp3) is 0.375. The number of carboxylic acid groups (broad SMARTS) is 1. The highest BCUT2D eigenvalue weighted by molar-refractivity contribution is 6.35. The quantitative estimate of drug-likeness (QED) is 0.358. The lowest BCUT2D eigenvalue weighted by molar-refractivity contribution is -0.139. The van der Waals surface area contributed by atoms with Crippen LogP contribution in [0.25, 0.3) is 0 Å². The number of carbonyl (C=O) groups is 3. The topological polar surface area (TPSA) is 126 Å². The van der Waals surface area contributed by atoms with Crippen LogP contribution in [0.1, 0.15) is 18.4 Å². The van der Waals surface area contributed by atoms with Gasteiger partial charge in [0.25, 0.3) is 0 Å². The van der Waals surface area contributed by atoms with Gasteiger partial charge in [0.2, 0.25) is 0 Å². The number of hydrazone groups is 1. The average Bonchev–Trinajstić information content (AvgIpc) is 3.12. The maximum Gasteiger partial charge on any atom is 0.341 e. The fourth-order valence-electron chi connectivity index (χ4n) is 2.16. The second-order valence-electron chi connectivity index (χ2n) is 5.26. The maximum absolute atomic E-state index is 11.7. The van der Waals surface area contributed by atoms with Crippen LogP contribution in [0.4, 0.5) is 0 Å². The van der Waals surface area contributed by atoms with Gasteiger partial charge in [0.15, 0.2) is 6.61 Å². The second kappa shape index (κ2) is 9.38. The number of nitrogens with one attached hydrogen (secondary N) is 2. The summed E-state index contributed by atoms with van der Waals surface area (Å²) in [4.78, 5) is 33.8. The van der Waals surface area contributed by atoms with E-state index >= 15 is 0 Å². The van der Waals surface area contributed by atoms with E-state index in [0.717, 1.165) is 12.8 Å². The van der Waals surface area contributed by atoms with Crippen molar-refractivity contribution in [1.29, 1.82) is 0 Å². The molecule has 134 valence electrons. The number of carboxylic acids is 1. The largest absolute Gasteiger partial charge is 0.481 e. The van der Waals surface area contributed by atoms with Crippen LogP contribution in [0, 0.1) is 0 Å². The first-order valence-electron chi connectivity index (χ1n) is 7.72. The predicted octanol–water partition coefficient (Wildman–Crippen LogP) is -0.105. The minimum atomic E-state index is -1.11. The summed E-state index contributed by atoms with van der Waals surface area (Å²) in [6.07, 6.45) is 3.01. The zero-order chi connectivity index (χ0) is 18.1. The summed E-state index contributed by atoms with van der Waals surface area (Å²) in [5.74, 6) is -2.52. The Bertz CT molecular complexity index is 655. The van der Waals surface area contributed by atoms with Gasteiger partial charge in [-0.2, -0.15) is 5.10 Å². The van der Waals surface area contributed by atoms with E-state index in [0.29, 0.717) is 17.9 Å². The molecule has 0 aliphatic carbocycles. The summed E-state index contributed by atoms with van der Waals surface area (Å²) in [7, 11) is 0. The summed E-state index contributed by atoms with van der Waals surface area (Å²) in [6, 6.07) is 6.57. The molecule has 0 spiro atoms. The number of nitrogens with zero attached hydrogens (tertiary/aromatic N) is 1. The van der Waals surface area contributed by atoms with E-state index in [4.69, 9.17) is 14.6 Å². The zero-order valence-corrected chi connectivity index (χ0v) is 13.4. The minimum Gasteiger partial charge on any atom is -0.481 e. The van der Waals surface area contributed by atoms with Crippen molar-refractivity contribution in [2.75, 3.05) is 19.8 Å². The molecule has 0 unspecified atom stereocenters. The van der Waals surface area contributed by atoms with Gasteiger partial charge < -0.3 is 19.9 Å². The molecule has 1 aromatic rings. The molecule has 1 fully saturated rings. The molecule has 9 heteroatoms. The smallest absolute Gasteiger partial charge is 0.341 e. The van der Waals surface area contributed by atoms with Crippen molar-refractivity contribution in [1.82, 2.24) is 10.7 Å². The highest BCUT2D eigenvalue weighted by Gasteiger charge is 2.18. The molecule has 1 saturated heterocycles. The Morgan fingerprint density at radius 1 is 1.32 bits per heavy atom. The minimum absolute atomic E-state index is 0.0569. The summed E-state index contributed by atoms with van der Waals surface area (Å²) in [6.45, 7) is 0.449. The van der Waals surface area contributed by atoms with Crippen LogP contribution in [0.15, 0.2) is 29.4 Å². The van der Waals surface area contributed by atoms with Gasteiger partial charge in [0.05, 0.1) is 12.3 Å². The third-order valence-corrected chi connectivity index (χ3v) is 3.36. The van der Waals surface area contributed by atoms with Gasteiger partial charge in [-0.3, -0.25) is 9.59 Å². The highest BCUT2D eigenvalue weighted by atomic mass is 16.5. The van der Waals surface area contributed by atoms with Gasteiger partial charge in [-0.15, -0.1) is 0 Å². The number of ether oxygens (including phenoxy) is 2. The van der Waals surface area contributed by atoms with Gasteiger partial charge in [0.1, 0.15) is 5.75 Å². The van der Waals surface area contributed by atoms with E-state index in [9.17, 15) is 14.4 Å². The van der Waals surface area contributed by atoms with Crippen molar-refractivity contribution < 1.29 is 29.0 Å². The van der Waals surface area contributed by atoms with E-state index in [2.05, 4.69) is 15.8 Å². The molecule has 1 heterocycles. The molecule has 2 rings (SSSR count). The number of hydrogen-bond donors (Lipinski definition) is 3. The van der Waals surface area contributed by atoms with Crippen molar-refractivity contribution in [2.24, 2.45) is 5.10 Å². The van der Waals surface area contributed by atoms with Crippen LogP contribution in [0.3, 0.4) is 0 Å². The van der Waals surface area contributed by atoms with Crippen molar-refractivity contribution in [2.45, 2.75) is 18.9 Å². The summed E-state index contributed by atoms with van der Waals surface area (Å²) in [5.41, 5.74) is 2.57. The van der Waals surface area contributed by atoms with Crippen LogP contribution in [-0.4, -0.2) is 55.0 Å². The molecular formula is C16H19N3O6.